The van der Waals surface area contributed by atoms with Crippen molar-refractivity contribution in [2.75, 3.05) is 20.3 Å². The first-order valence-corrected chi connectivity index (χ1v) is 4.80. The van der Waals surface area contributed by atoms with Gasteiger partial charge in [0, 0.05) is 19.4 Å². The van der Waals surface area contributed by atoms with Crippen LogP contribution in [0.2, 0.25) is 0 Å². The average Bonchev–Trinajstić information content (AvgIpc) is 2.52. The van der Waals surface area contributed by atoms with Crippen molar-refractivity contribution in [2.45, 2.75) is 20.1 Å². The molecule has 1 heterocycles. The highest BCUT2D eigenvalue weighted by atomic mass is 16.5. The molecular formula is C10H18N2O2. The maximum Gasteiger partial charge on any atom is 0.169 e. The van der Waals surface area contributed by atoms with Crippen molar-refractivity contribution >= 4 is 0 Å². The van der Waals surface area contributed by atoms with Crippen LogP contribution in [0.5, 0.6) is 0 Å². The molecule has 0 aromatic carbocycles. The summed E-state index contributed by atoms with van der Waals surface area (Å²) >= 11 is 0. The summed E-state index contributed by atoms with van der Waals surface area (Å²) in [5.74, 6) is 0. The lowest BCUT2D eigenvalue weighted by molar-refractivity contribution is 0.0519. The van der Waals surface area contributed by atoms with Gasteiger partial charge in [0.25, 0.3) is 0 Å². The predicted octanol–water partition coefficient (Wildman–Crippen LogP) is 1.53. The SMILES string of the molecule is CCO/C=C\N(C)CN1C=CO[C@@H]1C. The second-order valence-electron chi connectivity index (χ2n) is 3.17. The highest BCUT2D eigenvalue weighted by molar-refractivity contribution is 4.85. The fraction of sp³-hybridized carbons (Fsp3) is 0.600. The molecule has 0 aromatic heterocycles. The van der Waals surface area contributed by atoms with E-state index >= 15 is 0 Å². The molecule has 0 radical (unpaired) electrons. The summed E-state index contributed by atoms with van der Waals surface area (Å²) in [6.45, 7) is 5.47. The summed E-state index contributed by atoms with van der Waals surface area (Å²) in [7, 11) is 1.99. The zero-order chi connectivity index (χ0) is 10.4. The van der Waals surface area contributed by atoms with Crippen molar-refractivity contribution in [3.63, 3.8) is 0 Å². The van der Waals surface area contributed by atoms with Crippen LogP contribution in [0, 0.1) is 0 Å². The Kier molecular flexibility index (Phi) is 4.16. The number of ether oxygens (including phenoxy) is 2. The Labute approximate surface area is 85.4 Å². The summed E-state index contributed by atoms with van der Waals surface area (Å²) < 4.78 is 10.4. The molecule has 0 unspecified atom stereocenters. The van der Waals surface area contributed by atoms with Gasteiger partial charge in [-0.2, -0.15) is 0 Å². The molecule has 0 saturated carbocycles. The second-order valence-corrected chi connectivity index (χ2v) is 3.17. The van der Waals surface area contributed by atoms with Crippen LogP contribution in [-0.2, 0) is 9.47 Å². The van der Waals surface area contributed by atoms with Crippen molar-refractivity contribution in [3.8, 4) is 0 Å². The molecule has 0 N–H and O–H groups in total. The van der Waals surface area contributed by atoms with Gasteiger partial charge in [0.2, 0.25) is 0 Å². The molecule has 1 atom stereocenters. The lowest BCUT2D eigenvalue weighted by Crippen LogP contribution is -2.33. The summed E-state index contributed by atoms with van der Waals surface area (Å²) in [5.41, 5.74) is 0. The molecular weight excluding hydrogens is 180 g/mol. The van der Waals surface area contributed by atoms with Crippen molar-refractivity contribution < 1.29 is 9.47 Å². The normalized spacial score (nSPS) is 20.2. The lowest BCUT2D eigenvalue weighted by atomic mass is 10.5. The molecule has 0 aromatic rings. The minimum Gasteiger partial charge on any atom is -0.500 e. The molecule has 1 aliphatic heterocycles. The van der Waals surface area contributed by atoms with Gasteiger partial charge >= 0.3 is 0 Å². The van der Waals surface area contributed by atoms with Gasteiger partial charge in [0.1, 0.15) is 6.26 Å². The van der Waals surface area contributed by atoms with Crippen LogP contribution < -0.4 is 0 Å². The minimum absolute atomic E-state index is 0.123. The molecule has 0 fully saturated rings. The highest BCUT2D eigenvalue weighted by Crippen LogP contribution is 2.10. The van der Waals surface area contributed by atoms with Crippen LogP contribution in [-0.4, -0.2) is 36.4 Å². The first-order valence-electron chi connectivity index (χ1n) is 4.80. The number of hydrogen-bond acceptors (Lipinski definition) is 4. The van der Waals surface area contributed by atoms with Crippen LogP contribution in [0.4, 0.5) is 0 Å². The monoisotopic (exact) mass is 198 g/mol. The van der Waals surface area contributed by atoms with Crippen molar-refractivity contribution in [1.29, 1.82) is 0 Å². The first kappa shape index (κ1) is 10.8. The van der Waals surface area contributed by atoms with Crippen LogP contribution in [0.15, 0.2) is 24.9 Å². The third-order valence-electron chi connectivity index (χ3n) is 1.96. The van der Waals surface area contributed by atoms with Gasteiger partial charge in [0.05, 0.1) is 19.5 Å². The number of hydrogen-bond donors (Lipinski definition) is 0. The molecule has 4 heteroatoms. The summed E-state index contributed by atoms with van der Waals surface area (Å²) in [6.07, 6.45) is 7.38. The van der Waals surface area contributed by atoms with E-state index in [-0.39, 0.29) is 6.23 Å². The third kappa shape index (κ3) is 3.20. The van der Waals surface area contributed by atoms with Gasteiger partial charge in [-0.25, -0.2) is 0 Å². The molecule has 80 valence electrons. The second kappa shape index (κ2) is 5.42. The zero-order valence-corrected chi connectivity index (χ0v) is 9.01. The van der Waals surface area contributed by atoms with Crippen molar-refractivity contribution in [1.82, 2.24) is 9.80 Å². The van der Waals surface area contributed by atoms with E-state index in [0.717, 1.165) is 6.67 Å². The largest absolute Gasteiger partial charge is 0.500 e. The Morgan fingerprint density at radius 3 is 3.00 bits per heavy atom. The predicted molar refractivity (Wildman–Crippen MR) is 54.9 cm³/mol. The Hall–Kier alpha value is -1.32. The summed E-state index contributed by atoms with van der Waals surface area (Å²) in [6, 6.07) is 0. The van der Waals surface area contributed by atoms with Gasteiger partial charge in [0.15, 0.2) is 6.23 Å². The van der Waals surface area contributed by atoms with E-state index in [9.17, 15) is 0 Å². The average molecular weight is 198 g/mol. The van der Waals surface area contributed by atoms with E-state index in [0.29, 0.717) is 6.61 Å². The zero-order valence-electron chi connectivity index (χ0n) is 9.01. The van der Waals surface area contributed by atoms with E-state index < -0.39 is 0 Å². The third-order valence-corrected chi connectivity index (χ3v) is 1.96. The maximum absolute atomic E-state index is 5.26. The maximum atomic E-state index is 5.26. The van der Waals surface area contributed by atoms with Crippen LogP contribution >= 0.6 is 0 Å². The molecule has 0 saturated heterocycles. The van der Waals surface area contributed by atoms with Gasteiger partial charge in [-0.3, -0.25) is 0 Å². The van der Waals surface area contributed by atoms with Crippen molar-refractivity contribution in [3.05, 3.63) is 24.9 Å². The molecule has 0 aliphatic carbocycles. The van der Waals surface area contributed by atoms with E-state index in [1.165, 1.54) is 0 Å². The molecule has 4 nitrogen and oxygen atoms in total. The molecule has 0 spiro atoms. The van der Waals surface area contributed by atoms with Gasteiger partial charge in [-0.05, 0) is 13.8 Å². The standard InChI is InChI=1S/C10H18N2O2/c1-4-13-7-5-11(3)9-12-6-8-14-10(12)2/h5-8,10H,4,9H2,1-3H3/b7-5-/t10-/m1/s1. The summed E-state index contributed by atoms with van der Waals surface area (Å²) in [4.78, 5) is 4.13. The van der Waals surface area contributed by atoms with Crippen LogP contribution in [0.1, 0.15) is 13.8 Å². The fourth-order valence-corrected chi connectivity index (χ4v) is 1.14. The molecule has 1 aliphatic rings. The lowest BCUT2D eigenvalue weighted by Gasteiger charge is -2.25. The smallest absolute Gasteiger partial charge is 0.169 e. The Morgan fingerprint density at radius 1 is 1.64 bits per heavy atom. The molecule has 0 bridgehead atoms. The first-order chi connectivity index (χ1) is 6.74. The van der Waals surface area contributed by atoms with Gasteiger partial charge < -0.3 is 19.3 Å². The molecule has 1 rings (SSSR count). The van der Waals surface area contributed by atoms with E-state index in [1.54, 1.807) is 12.5 Å². The number of rotatable bonds is 5. The quantitative estimate of drug-likeness (QED) is 0.625. The Balaban J connectivity index is 2.25. The fourth-order valence-electron chi connectivity index (χ4n) is 1.14. The Bertz CT molecular complexity index is 216. The Morgan fingerprint density at radius 2 is 2.43 bits per heavy atom. The molecule has 14 heavy (non-hydrogen) atoms. The number of nitrogens with zero attached hydrogens (tertiary/aromatic N) is 2. The highest BCUT2D eigenvalue weighted by Gasteiger charge is 2.14. The van der Waals surface area contributed by atoms with Gasteiger partial charge in [-0.15, -0.1) is 0 Å². The summed E-state index contributed by atoms with van der Waals surface area (Å²) in [5, 5.41) is 0. The van der Waals surface area contributed by atoms with Crippen LogP contribution in [0.25, 0.3) is 0 Å². The van der Waals surface area contributed by atoms with E-state index in [2.05, 4.69) is 4.90 Å². The minimum atomic E-state index is 0.123. The van der Waals surface area contributed by atoms with Crippen molar-refractivity contribution in [2.24, 2.45) is 0 Å². The van der Waals surface area contributed by atoms with E-state index in [1.807, 2.05) is 38.2 Å². The molecule has 0 amide bonds. The topological polar surface area (TPSA) is 24.9 Å². The van der Waals surface area contributed by atoms with Gasteiger partial charge in [-0.1, -0.05) is 0 Å². The van der Waals surface area contributed by atoms with Crippen LogP contribution in [0.3, 0.4) is 0 Å². The van der Waals surface area contributed by atoms with E-state index in [4.69, 9.17) is 9.47 Å².